The second kappa shape index (κ2) is 1.13. The monoisotopic (exact) mass is 111 g/mol. The third-order valence-electron chi connectivity index (χ3n) is 2.31. The van der Waals surface area contributed by atoms with Crippen LogP contribution in [0, 0.1) is 5.92 Å². The molecule has 1 aliphatic heterocycles. The van der Waals surface area contributed by atoms with Crippen LogP contribution in [-0.4, -0.2) is 18.4 Å². The van der Waals surface area contributed by atoms with Gasteiger partial charge < -0.3 is 10.1 Å². The molecule has 1 heterocycles. The molecule has 8 heavy (non-hydrogen) atoms. The number of nitrogens with one attached hydrogen (secondary N) is 1. The molecule has 2 fully saturated rings. The fourth-order valence-electron chi connectivity index (χ4n) is 1.59. The lowest BCUT2D eigenvalue weighted by molar-refractivity contribution is -0.110. The molecule has 0 aromatic heterocycles. The van der Waals surface area contributed by atoms with Crippen LogP contribution < -0.4 is 5.32 Å². The predicted molar refractivity (Wildman–Crippen MR) is 29.5 cm³/mol. The van der Waals surface area contributed by atoms with Crippen molar-refractivity contribution in [1.29, 1.82) is 0 Å². The van der Waals surface area contributed by atoms with Crippen LogP contribution in [0.2, 0.25) is 0 Å². The molecule has 1 N–H and O–H groups in total. The molecule has 0 aromatic rings. The van der Waals surface area contributed by atoms with E-state index in [1.165, 1.54) is 6.42 Å². The van der Waals surface area contributed by atoms with Gasteiger partial charge in [-0.2, -0.15) is 0 Å². The molecule has 0 aromatic carbocycles. The Balaban J connectivity index is 2.18. The van der Waals surface area contributed by atoms with Crippen molar-refractivity contribution in [2.24, 2.45) is 5.92 Å². The van der Waals surface area contributed by atoms with Gasteiger partial charge in [-0.3, -0.25) is 0 Å². The van der Waals surface area contributed by atoms with Crippen molar-refractivity contribution in [3.8, 4) is 0 Å². The van der Waals surface area contributed by atoms with E-state index in [9.17, 15) is 4.79 Å². The summed E-state index contributed by atoms with van der Waals surface area (Å²) in [6, 6.07) is 0. The minimum Gasteiger partial charge on any atom is -0.305 e. The summed E-state index contributed by atoms with van der Waals surface area (Å²) < 4.78 is 0. The average molecular weight is 111 g/mol. The van der Waals surface area contributed by atoms with E-state index in [4.69, 9.17) is 0 Å². The molecule has 0 unspecified atom stereocenters. The van der Waals surface area contributed by atoms with Crippen molar-refractivity contribution in [2.75, 3.05) is 6.54 Å². The average Bonchev–Trinajstić information content (AvgIpc) is 2.38. The van der Waals surface area contributed by atoms with E-state index in [-0.39, 0.29) is 5.54 Å². The first-order valence-electron chi connectivity index (χ1n) is 3.09. The molecule has 1 aliphatic carbocycles. The van der Waals surface area contributed by atoms with Crippen LogP contribution in [0.5, 0.6) is 0 Å². The van der Waals surface area contributed by atoms with Gasteiger partial charge in [0.15, 0.2) is 0 Å². The van der Waals surface area contributed by atoms with Crippen LogP contribution in [-0.2, 0) is 4.79 Å². The highest BCUT2D eigenvalue weighted by molar-refractivity contribution is 5.71. The first kappa shape index (κ1) is 4.50. The maximum Gasteiger partial charge on any atom is 0.140 e. The van der Waals surface area contributed by atoms with Crippen LogP contribution in [0.25, 0.3) is 0 Å². The van der Waals surface area contributed by atoms with Gasteiger partial charge in [-0.1, -0.05) is 0 Å². The number of fused-ring (bicyclic) bond motifs is 1. The Bertz CT molecular complexity index is 134. The number of carbonyl (C=O) groups is 1. The fourth-order valence-corrected chi connectivity index (χ4v) is 1.59. The topological polar surface area (TPSA) is 29.1 Å². The van der Waals surface area contributed by atoms with Gasteiger partial charge in [0.05, 0.1) is 5.54 Å². The van der Waals surface area contributed by atoms with Crippen molar-refractivity contribution in [3.05, 3.63) is 0 Å². The largest absolute Gasteiger partial charge is 0.305 e. The molecule has 0 bridgehead atoms. The van der Waals surface area contributed by atoms with Gasteiger partial charge in [0.25, 0.3) is 0 Å². The molecular formula is C6H9NO. The second-order valence-electron chi connectivity index (χ2n) is 2.77. The van der Waals surface area contributed by atoms with Crippen molar-refractivity contribution < 1.29 is 4.79 Å². The highest BCUT2D eigenvalue weighted by atomic mass is 16.1. The van der Waals surface area contributed by atoms with Gasteiger partial charge in [-0.25, -0.2) is 0 Å². The third kappa shape index (κ3) is 0.348. The molecule has 2 aliphatic rings. The number of rotatable bonds is 1. The molecule has 0 radical (unpaired) electrons. The summed E-state index contributed by atoms with van der Waals surface area (Å²) in [6.07, 6.45) is 3.37. The molecule has 1 saturated carbocycles. The summed E-state index contributed by atoms with van der Waals surface area (Å²) >= 11 is 0. The SMILES string of the molecule is O=C[C@]12C[C@H]1CCN2. The standard InChI is InChI=1S/C6H9NO/c8-4-6-3-5(6)1-2-7-6/h4-5,7H,1-3H2/t5-,6-/m1/s1. The maximum atomic E-state index is 10.3. The highest BCUT2D eigenvalue weighted by Crippen LogP contribution is 2.47. The minimum absolute atomic E-state index is 0.0278. The minimum atomic E-state index is -0.0278. The molecule has 44 valence electrons. The van der Waals surface area contributed by atoms with Crippen molar-refractivity contribution in [2.45, 2.75) is 18.4 Å². The van der Waals surface area contributed by atoms with Crippen molar-refractivity contribution in [3.63, 3.8) is 0 Å². The van der Waals surface area contributed by atoms with Gasteiger partial charge in [0.2, 0.25) is 0 Å². The molecule has 0 amide bonds. The smallest absolute Gasteiger partial charge is 0.140 e. The maximum absolute atomic E-state index is 10.3. The summed E-state index contributed by atoms with van der Waals surface area (Å²) in [5.74, 6) is 0.694. The molecular weight excluding hydrogens is 102 g/mol. The zero-order valence-corrected chi connectivity index (χ0v) is 4.68. The van der Waals surface area contributed by atoms with Crippen LogP contribution in [0.4, 0.5) is 0 Å². The van der Waals surface area contributed by atoms with Gasteiger partial charge in [0, 0.05) is 0 Å². The van der Waals surface area contributed by atoms with Gasteiger partial charge in [-0.05, 0) is 25.3 Å². The molecule has 0 spiro atoms. The summed E-state index contributed by atoms with van der Waals surface area (Å²) in [6.45, 7) is 1.05. The van der Waals surface area contributed by atoms with Crippen LogP contribution >= 0.6 is 0 Å². The van der Waals surface area contributed by atoms with Crippen molar-refractivity contribution >= 4 is 6.29 Å². The fraction of sp³-hybridized carbons (Fsp3) is 0.833. The quantitative estimate of drug-likeness (QED) is 0.480. The number of carbonyl (C=O) groups excluding carboxylic acids is 1. The zero-order chi connectivity index (χ0) is 5.61. The Morgan fingerprint density at radius 2 is 2.62 bits per heavy atom. The Kier molecular flexibility index (Phi) is 0.637. The highest BCUT2D eigenvalue weighted by Gasteiger charge is 2.57. The van der Waals surface area contributed by atoms with Crippen molar-refractivity contribution in [1.82, 2.24) is 5.32 Å². The van der Waals surface area contributed by atoms with E-state index in [0.29, 0.717) is 5.92 Å². The Morgan fingerprint density at radius 1 is 1.75 bits per heavy atom. The second-order valence-corrected chi connectivity index (χ2v) is 2.77. The third-order valence-corrected chi connectivity index (χ3v) is 2.31. The predicted octanol–water partition coefficient (Wildman–Crippen LogP) is -0.0627. The van der Waals surface area contributed by atoms with E-state index in [2.05, 4.69) is 5.32 Å². The first-order chi connectivity index (χ1) is 3.87. The molecule has 2 atom stereocenters. The number of aldehydes is 1. The summed E-state index contributed by atoms with van der Waals surface area (Å²) in [5, 5.41) is 3.19. The van der Waals surface area contributed by atoms with E-state index in [0.717, 1.165) is 19.3 Å². The van der Waals surface area contributed by atoms with Crippen LogP contribution in [0.3, 0.4) is 0 Å². The molecule has 1 saturated heterocycles. The zero-order valence-electron chi connectivity index (χ0n) is 4.68. The lowest BCUT2D eigenvalue weighted by Gasteiger charge is -1.99. The van der Waals surface area contributed by atoms with E-state index >= 15 is 0 Å². The van der Waals surface area contributed by atoms with E-state index < -0.39 is 0 Å². The lowest BCUT2D eigenvalue weighted by Crippen LogP contribution is -2.29. The summed E-state index contributed by atoms with van der Waals surface area (Å²) in [5.41, 5.74) is -0.0278. The summed E-state index contributed by atoms with van der Waals surface area (Å²) in [7, 11) is 0. The molecule has 2 rings (SSSR count). The lowest BCUT2D eigenvalue weighted by atomic mass is 10.2. The van der Waals surface area contributed by atoms with Gasteiger partial charge in [-0.15, -0.1) is 0 Å². The normalized spacial score (nSPS) is 50.8. The molecule has 2 heteroatoms. The van der Waals surface area contributed by atoms with Crippen LogP contribution in [0.1, 0.15) is 12.8 Å². The number of piperidine rings is 1. The summed E-state index contributed by atoms with van der Waals surface area (Å²) in [4.78, 5) is 10.3. The Morgan fingerprint density at radius 3 is 2.88 bits per heavy atom. The van der Waals surface area contributed by atoms with Gasteiger partial charge >= 0.3 is 0 Å². The number of hydrogen-bond acceptors (Lipinski definition) is 2. The van der Waals surface area contributed by atoms with Crippen LogP contribution in [0.15, 0.2) is 0 Å². The van der Waals surface area contributed by atoms with Gasteiger partial charge in [0.1, 0.15) is 6.29 Å². The number of hydrogen-bond donors (Lipinski definition) is 1. The molecule has 2 nitrogen and oxygen atoms in total. The first-order valence-corrected chi connectivity index (χ1v) is 3.09. The Hall–Kier alpha value is -0.370. The Labute approximate surface area is 48.3 Å². The van der Waals surface area contributed by atoms with E-state index in [1.807, 2.05) is 0 Å². The van der Waals surface area contributed by atoms with E-state index in [1.54, 1.807) is 0 Å².